The van der Waals surface area contributed by atoms with Crippen molar-refractivity contribution in [1.82, 2.24) is 0 Å². The third-order valence-corrected chi connectivity index (χ3v) is 3.38. The van der Waals surface area contributed by atoms with E-state index in [4.69, 9.17) is 27.9 Å². The van der Waals surface area contributed by atoms with Gasteiger partial charge in [0.05, 0.1) is 17.2 Å². The van der Waals surface area contributed by atoms with E-state index in [2.05, 4.69) is 0 Å². The third kappa shape index (κ3) is 3.27. The van der Waals surface area contributed by atoms with E-state index >= 15 is 0 Å². The van der Waals surface area contributed by atoms with Crippen molar-refractivity contribution in [3.63, 3.8) is 0 Å². The maximum atomic E-state index is 13.6. The molecule has 2 nitrogen and oxygen atoms in total. The second-order valence-electron chi connectivity index (χ2n) is 4.00. The van der Waals surface area contributed by atoms with E-state index in [1.165, 1.54) is 30.3 Å². The highest BCUT2D eigenvalue weighted by molar-refractivity contribution is 6.31. The van der Waals surface area contributed by atoms with Crippen molar-refractivity contribution < 1.29 is 18.6 Å². The predicted molar refractivity (Wildman–Crippen MR) is 72.6 cm³/mol. The summed E-state index contributed by atoms with van der Waals surface area (Å²) in [5, 5.41) is 10.0. The second-order valence-corrected chi connectivity index (χ2v) is 4.81. The Morgan fingerprint density at radius 1 is 1.00 bits per heavy atom. The number of halogens is 4. The summed E-state index contributed by atoms with van der Waals surface area (Å²) in [5.74, 6) is -1.27. The molecule has 2 aromatic carbocycles. The quantitative estimate of drug-likeness (QED) is 0.842. The molecule has 0 bridgehead atoms. The van der Waals surface area contributed by atoms with Gasteiger partial charge in [-0.2, -0.15) is 0 Å². The van der Waals surface area contributed by atoms with Crippen LogP contribution >= 0.6 is 23.2 Å². The first-order valence-electron chi connectivity index (χ1n) is 5.67. The molecule has 0 radical (unpaired) electrons. The Morgan fingerprint density at radius 3 is 2.20 bits per heavy atom. The van der Waals surface area contributed by atoms with Crippen LogP contribution in [-0.4, -0.2) is 5.11 Å². The topological polar surface area (TPSA) is 29.5 Å². The first-order valence-corrected chi connectivity index (χ1v) is 6.42. The molecule has 1 atom stereocenters. The van der Waals surface area contributed by atoms with Crippen molar-refractivity contribution in [2.24, 2.45) is 0 Å². The van der Waals surface area contributed by atoms with Gasteiger partial charge in [0.1, 0.15) is 11.6 Å². The van der Waals surface area contributed by atoms with Crippen molar-refractivity contribution in [3.05, 3.63) is 69.2 Å². The van der Waals surface area contributed by atoms with E-state index in [9.17, 15) is 13.9 Å². The van der Waals surface area contributed by atoms with Gasteiger partial charge in [0.15, 0.2) is 6.29 Å². The van der Waals surface area contributed by atoms with E-state index in [-0.39, 0.29) is 27.8 Å². The summed E-state index contributed by atoms with van der Waals surface area (Å²) in [5.41, 5.74) is -0.109. The van der Waals surface area contributed by atoms with Crippen molar-refractivity contribution in [3.8, 4) is 0 Å². The molecule has 2 rings (SSSR count). The summed E-state index contributed by atoms with van der Waals surface area (Å²) in [6.45, 7) is -0.308. The van der Waals surface area contributed by atoms with Gasteiger partial charge >= 0.3 is 0 Å². The SMILES string of the molecule is OC(OCc1c(F)cccc1Cl)c1c(F)cccc1Cl. The fourth-order valence-corrected chi connectivity index (χ4v) is 2.14. The van der Waals surface area contributed by atoms with Crippen LogP contribution < -0.4 is 0 Å². The van der Waals surface area contributed by atoms with Gasteiger partial charge in [-0.05, 0) is 24.3 Å². The van der Waals surface area contributed by atoms with Gasteiger partial charge in [-0.15, -0.1) is 0 Å². The van der Waals surface area contributed by atoms with Gasteiger partial charge in [-0.3, -0.25) is 0 Å². The minimum absolute atomic E-state index is 0.0251. The first kappa shape index (κ1) is 15.2. The third-order valence-electron chi connectivity index (χ3n) is 2.69. The largest absolute Gasteiger partial charge is 0.364 e. The first-order chi connectivity index (χ1) is 9.50. The molecular weight excluding hydrogens is 309 g/mol. The van der Waals surface area contributed by atoms with E-state index < -0.39 is 17.9 Å². The Balaban J connectivity index is 2.15. The molecule has 1 N–H and O–H groups in total. The van der Waals surface area contributed by atoms with Crippen molar-refractivity contribution >= 4 is 23.2 Å². The summed E-state index contributed by atoms with van der Waals surface area (Å²) in [6.07, 6.45) is -1.61. The van der Waals surface area contributed by atoms with Crippen LogP contribution in [0.15, 0.2) is 36.4 Å². The van der Waals surface area contributed by atoms with Crippen LogP contribution in [0.3, 0.4) is 0 Å². The maximum absolute atomic E-state index is 13.6. The lowest BCUT2D eigenvalue weighted by Crippen LogP contribution is -2.07. The van der Waals surface area contributed by atoms with E-state index in [1.54, 1.807) is 0 Å². The summed E-state index contributed by atoms with van der Waals surface area (Å²) < 4.78 is 32.1. The molecule has 1 unspecified atom stereocenters. The van der Waals surface area contributed by atoms with Gasteiger partial charge in [-0.25, -0.2) is 8.78 Å². The smallest absolute Gasteiger partial charge is 0.185 e. The molecule has 0 aliphatic rings. The lowest BCUT2D eigenvalue weighted by molar-refractivity contribution is -0.114. The number of rotatable bonds is 4. The van der Waals surface area contributed by atoms with Crippen LogP contribution in [0, 0.1) is 11.6 Å². The molecule has 0 saturated carbocycles. The van der Waals surface area contributed by atoms with Crippen molar-refractivity contribution in [2.75, 3.05) is 0 Å². The van der Waals surface area contributed by atoms with Gasteiger partial charge in [0.25, 0.3) is 0 Å². The fraction of sp³-hybridized carbons (Fsp3) is 0.143. The van der Waals surface area contributed by atoms with Crippen LogP contribution in [0.1, 0.15) is 17.4 Å². The monoisotopic (exact) mass is 318 g/mol. The lowest BCUT2D eigenvalue weighted by atomic mass is 10.2. The van der Waals surface area contributed by atoms with Crippen molar-refractivity contribution in [1.29, 1.82) is 0 Å². The Kier molecular flexibility index (Phi) is 4.94. The molecule has 106 valence electrons. The highest BCUT2D eigenvalue weighted by Crippen LogP contribution is 2.28. The second kappa shape index (κ2) is 6.50. The van der Waals surface area contributed by atoms with Gasteiger partial charge < -0.3 is 9.84 Å². The summed E-state index contributed by atoms with van der Waals surface area (Å²) in [6, 6.07) is 8.12. The van der Waals surface area contributed by atoms with Crippen LogP contribution in [0.4, 0.5) is 8.78 Å². The molecule has 20 heavy (non-hydrogen) atoms. The zero-order valence-electron chi connectivity index (χ0n) is 10.1. The summed E-state index contributed by atoms with van der Waals surface area (Å²) in [4.78, 5) is 0. The van der Waals surface area contributed by atoms with Crippen molar-refractivity contribution in [2.45, 2.75) is 12.9 Å². The molecule has 0 fully saturated rings. The van der Waals surface area contributed by atoms with Crippen LogP contribution in [0.25, 0.3) is 0 Å². The number of hydrogen-bond donors (Lipinski definition) is 1. The van der Waals surface area contributed by atoms with Crippen LogP contribution in [0.2, 0.25) is 10.0 Å². The Bertz CT molecular complexity index is 580. The molecule has 0 aromatic heterocycles. The lowest BCUT2D eigenvalue weighted by Gasteiger charge is -2.15. The summed E-state index contributed by atoms with van der Waals surface area (Å²) in [7, 11) is 0. The van der Waals surface area contributed by atoms with E-state index in [0.717, 1.165) is 6.07 Å². The molecule has 2 aromatic rings. The molecule has 0 aliphatic carbocycles. The zero-order chi connectivity index (χ0) is 14.7. The molecule has 0 aliphatic heterocycles. The predicted octanol–water partition coefficient (Wildman–Crippen LogP) is 4.48. The molecule has 0 saturated heterocycles. The molecular formula is C14H10Cl2F2O2. The number of aliphatic hydroxyl groups is 1. The number of benzene rings is 2. The molecule has 0 amide bonds. The number of hydrogen-bond acceptors (Lipinski definition) is 2. The van der Waals surface area contributed by atoms with Gasteiger partial charge in [0, 0.05) is 10.6 Å². The highest BCUT2D eigenvalue weighted by Gasteiger charge is 2.18. The number of aliphatic hydroxyl groups excluding tert-OH is 1. The van der Waals surface area contributed by atoms with E-state index in [1.807, 2.05) is 0 Å². The van der Waals surface area contributed by atoms with E-state index in [0.29, 0.717) is 0 Å². The van der Waals surface area contributed by atoms with Gasteiger partial charge in [-0.1, -0.05) is 35.3 Å². The normalized spacial score (nSPS) is 12.4. The summed E-state index contributed by atoms with van der Waals surface area (Å²) >= 11 is 11.6. The van der Waals surface area contributed by atoms with Crippen LogP contribution in [0.5, 0.6) is 0 Å². The molecule has 0 spiro atoms. The Morgan fingerprint density at radius 2 is 1.60 bits per heavy atom. The minimum atomic E-state index is -1.61. The van der Waals surface area contributed by atoms with Gasteiger partial charge in [0.2, 0.25) is 0 Å². The average Bonchev–Trinajstić information content (AvgIpc) is 2.38. The molecule has 0 heterocycles. The maximum Gasteiger partial charge on any atom is 0.185 e. The zero-order valence-corrected chi connectivity index (χ0v) is 11.6. The number of ether oxygens (including phenoxy) is 1. The molecule has 6 heteroatoms. The fourth-order valence-electron chi connectivity index (χ4n) is 1.66. The standard InChI is InChI=1S/C14H10Cl2F2O2/c15-9-3-1-5-11(17)8(9)7-20-14(19)13-10(16)4-2-6-12(13)18/h1-6,14,19H,7H2. The highest BCUT2D eigenvalue weighted by atomic mass is 35.5. The average molecular weight is 319 g/mol. The minimum Gasteiger partial charge on any atom is -0.364 e. The Labute approximate surface area is 124 Å². The van der Waals surface area contributed by atoms with Crippen LogP contribution in [-0.2, 0) is 11.3 Å². The Hall–Kier alpha value is -1.20.